The third kappa shape index (κ3) is 4.75. The van der Waals surface area contributed by atoms with Gasteiger partial charge < -0.3 is 20.1 Å². The van der Waals surface area contributed by atoms with E-state index in [1.165, 1.54) is 17.5 Å². The first-order valence-corrected chi connectivity index (χ1v) is 10.3. The van der Waals surface area contributed by atoms with Crippen molar-refractivity contribution in [2.45, 2.75) is 64.3 Å². The van der Waals surface area contributed by atoms with Crippen LogP contribution in [-0.4, -0.2) is 33.6 Å². The summed E-state index contributed by atoms with van der Waals surface area (Å²) in [6.45, 7) is 5.60. The Kier molecular flexibility index (Phi) is 5.40. The Morgan fingerprint density at radius 2 is 1.97 bits per heavy atom. The first-order valence-electron chi connectivity index (χ1n) is 10.3. The molecule has 1 aromatic heterocycles. The average Bonchev–Trinajstić information content (AvgIpc) is 3.45. The summed E-state index contributed by atoms with van der Waals surface area (Å²) >= 11 is 0. The molecule has 0 saturated heterocycles. The van der Waals surface area contributed by atoms with Crippen molar-refractivity contribution >= 4 is 17.9 Å². The Labute approximate surface area is 175 Å². The highest BCUT2D eigenvalue weighted by atomic mass is 16.6. The highest BCUT2D eigenvalue weighted by Crippen LogP contribution is 2.42. The number of aromatic nitrogens is 2. The average molecular weight is 412 g/mol. The quantitative estimate of drug-likeness (QED) is 0.780. The Morgan fingerprint density at radius 3 is 2.63 bits per heavy atom. The summed E-state index contributed by atoms with van der Waals surface area (Å²) in [4.78, 5) is 25.2. The number of hydrogen-bond acceptors (Lipinski definition) is 6. The van der Waals surface area contributed by atoms with Crippen molar-refractivity contribution in [1.29, 1.82) is 0 Å². The van der Waals surface area contributed by atoms with Gasteiger partial charge in [-0.3, -0.25) is 0 Å². The minimum Gasteiger partial charge on any atom is -0.445 e. The van der Waals surface area contributed by atoms with Crippen LogP contribution in [0.1, 0.15) is 57.3 Å². The number of carbonyl (C=O) groups is 2. The molecule has 8 heteroatoms. The van der Waals surface area contributed by atoms with Crippen molar-refractivity contribution < 1.29 is 19.1 Å². The van der Waals surface area contributed by atoms with Gasteiger partial charge in [-0.2, -0.15) is 9.78 Å². The van der Waals surface area contributed by atoms with E-state index in [0.29, 0.717) is 18.0 Å². The lowest BCUT2D eigenvalue weighted by Gasteiger charge is -2.32. The van der Waals surface area contributed by atoms with Crippen molar-refractivity contribution in [3.05, 3.63) is 47.8 Å². The van der Waals surface area contributed by atoms with Gasteiger partial charge in [0.15, 0.2) is 0 Å². The maximum absolute atomic E-state index is 12.7. The predicted octanol–water partition coefficient (Wildman–Crippen LogP) is 4.23. The molecule has 1 aliphatic carbocycles. The lowest BCUT2D eigenvalue weighted by molar-refractivity contribution is 0.0503. The molecule has 1 amide bonds. The van der Waals surface area contributed by atoms with Crippen LogP contribution in [0.5, 0.6) is 0 Å². The molecule has 2 heterocycles. The number of carbonyl (C=O) groups excluding carboxylic acids is 2. The summed E-state index contributed by atoms with van der Waals surface area (Å²) in [7, 11) is 0. The maximum Gasteiger partial charge on any atom is 0.435 e. The molecule has 0 radical (unpaired) electrons. The van der Waals surface area contributed by atoms with E-state index in [-0.39, 0.29) is 12.6 Å². The molecular weight excluding hydrogens is 384 g/mol. The molecule has 1 saturated carbocycles. The summed E-state index contributed by atoms with van der Waals surface area (Å²) in [5.74, 6) is 0.577. The molecule has 0 bridgehead atoms. The van der Waals surface area contributed by atoms with Gasteiger partial charge in [-0.15, -0.1) is 0 Å². The zero-order valence-electron chi connectivity index (χ0n) is 17.6. The second-order valence-corrected chi connectivity index (χ2v) is 8.92. The number of fused-ring (bicyclic) bond motifs is 1. The molecule has 1 aliphatic heterocycles. The molecule has 2 atom stereocenters. The van der Waals surface area contributed by atoms with E-state index in [4.69, 9.17) is 9.47 Å². The van der Waals surface area contributed by atoms with Crippen LogP contribution in [0.15, 0.2) is 36.5 Å². The molecule has 2 N–H and O–H groups in total. The van der Waals surface area contributed by atoms with Crippen LogP contribution in [0.25, 0.3) is 0 Å². The molecule has 30 heavy (non-hydrogen) atoms. The Bertz CT molecular complexity index is 915. The number of alkyl carbamates (subject to hydrolysis) is 1. The Balaban J connectivity index is 1.51. The van der Waals surface area contributed by atoms with E-state index in [9.17, 15) is 9.59 Å². The molecule has 1 aromatic carbocycles. The highest BCUT2D eigenvalue weighted by molar-refractivity contribution is 5.75. The normalized spacial score (nSPS) is 20.6. The highest BCUT2D eigenvalue weighted by Gasteiger charge is 2.40. The van der Waals surface area contributed by atoms with Crippen LogP contribution < -0.4 is 10.6 Å². The number of rotatable bonds is 4. The monoisotopic (exact) mass is 412 g/mol. The largest absolute Gasteiger partial charge is 0.445 e. The molecule has 4 rings (SSSR count). The fraction of sp³-hybridized carbons (Fsp3) is 0.500. The zero-order valence-corrected chi connectivity index (χ0v) is 17.6. The number of amides is 1. The molecule has 8 nitrogen and oxygen atoms in total. The smallest absolute Gasteiger partial charge is 0.435 e. The first-order chi connectivity index (χ1) is 14.3. The molecule has 0 spiro atoms. The van der Waals surface area contributed by atoms with Crippen LogP contribution in [-0.2, 0) is 16.1 Å². The SMILES string of the molecule is CC(C)(C)OC(=O)n1ncc2c1[C@@H](NC(=O)OCc1ccccc1)C[C@@H](C1CC1)N2. The number of hydrogen-bond donors (Lipinski definition) is 2. The molecular formula is C22H28N4O4. The predicted molar refractivity (Wildman–Crippen MR) is 111 cm³/mol. The fourth-order valence-electron chi connectivity index (χ4n) is 3.72. The van der Waals surface area contributed by atoms with E-state index < -0.39 is 23.8 Å². The summed E-state index contributed by atoms with van der Waals surface area (Å²) < 4.78 is 12.1. The van der Waals surface area contributed by atoms with Crippen LogP contribution in [0.2, 0.25) is 0 Å². The number of benzene rings is 1. The van der Waals surface area contributed by atoms with Gasteiger partial charge in [-0.05, 0) is 51.5 Å². The van der Waals surface area contributed by atoms with Gasteiger partial charge in [-0.25, -0.2) is 9.59 Å². The summed E-state index contributed by atoms with van der Waals surface area (Å²) in [5, 5.41) is 10.6. The second kappa shape index (κ2) is 8.01. The Morgan fingerprint density at radius 1 is 1.23 bits per heavy atom. The van der Waals surface area contributed by atoms with E-state index in [1.54, 1.807) is 27.0 Å². The van der Waals surface area contributed by atoms with Gasteiger partial charge in [0.05, 0.1) is 23.6 Å². The van der Waals surface area contributed by atoms with Crippen molar-refractivity contribution in [2.24, 2.45) is 5.92 Å². The maximum atomic E-state index is 12.7. The van der Waals surface area contributed by atoms with E-state index >= 15 is 0 Å². The van der Waals surface area contributed by atoms with Gasteiger partial charge >= 0.3 is 12.2 Å². The topological polar surface area (TPSA) is 94.5 Å². The second-order valence-electron chi connectivity index (χ2n) is 8.92. The van der Waals surface area contributed by atoms with Gasteiger partial charge in [0.1, 0.15) is 12.2 Å². The third-order valence-electron chi connectivity index (χ3n) is 5.23. The zero-order chi connectivity index (χ0) is 21.3. The van der Waals surface area contributed by atoms with Gasteiger partial charge in [0, 0.05) is 6.04 Å². The molecule has 0 unspecified atom stereocenters. The van der Waals surface area contributed by atoms with Gasteiger partial charge in [0.25, 0.3) is 0 Å². The van der Waals surface area contributed by atoms with Crippen LogP contribution in [0.4, 0.5) is 15.3 Å². The minimum atomic E-state index is -0.647. The molecule has 160 valence electrons. The standard InChI is InChI=1S/C22H28N4O4/c1-22(2,3)30-21(28)26-19-17(11-16(15-9-10-15)24-18(19)12-23-26)25-20(27)29-13-14-7-5-4-6-8-14/h4-8,12,15-17,24H,9-11,13H2,1-3H3,(H,25,27)/t16-,17-/m0/s1. The lowest BCUT2D eigenvalue weighted by Crippen LogP contribution is -2.40. The van der Waals surface area contributed by atoms with Crippen molar-refractivity contribution in [2.75, 3.05) is 5.32 Å². The summed E-state index contributed by atoms with van der Waals surface area (Å²) in [5.41, 5.74) is 1.61. The third-order valence-corrected chi connectivity index (χ3v) is 5.23. The number of nitrogens with zero attached hydrogens (tertiary/aromatic N) is 2. The molecule has 2 aromatic rings. The number of anilines is 1. The Hall–Kier alpha value is -3.03. The lowest BCUT2D eigenvalue weighted by atomic mass is 9.95. The van der Waals surface area contributed by atoms with Crippen molar-refractivity contribution in [3.8, 4) is 0 Å². The molecule has 1 fully saturated rings. The van der Waals surface area contributed by atoms with Crippen molar-refractivity contribution in [1.82, 2.24) is 15.1 Å². The van der Waals surface area contributed by atoms with Gasteiger partial charge in [0.2, 0.25) is 0 Å². The molecule has 2 aliphatic rings. The number of nitrogens with one attached hydrogen (secondary N) is 2. The first kappa shape index (κ1) is 20.3. The summed E-state index contributed by atoms with van der Waals surface area (Å²) in [6.07, 6.45) is 3.52. The van der Waals surface area contributed by atoms with Crippen molar-refractivity contribution in [3.63, 3.8) is 0 Å². The van der Waals surface area contributed by atoms with E-state index in [0.717, 1.165) is 11.3 Å². The fourth-order valence-corrected chi connectivity index (χ4v) is 3.72. The van der Waals surface area contributed by atoms with Crippen LogP contribution in [0.3, 0.4) is 0 Å². The van der Waals surface area contributed by atoms with Crippen LogP contribution >= 0.6 is 0 Å². The summed E-state index contributed by atoms with van der Waals surface area (Å²) in [6, 6.07) is 9.34. The minimum absolute atomic E-state index is 0.182. The van der Waals surface area contributed by atoms with Gasteiger partial charge in [-0.1, -0.05) is 30.3 Å². The van der Waals surface area contributed by atoms with E-state index in [1.807, 2.05) is 30.3 Å². The number of ether oxygens (including phenoxy) is 2. The van der Waals surface area contributed by atoms with Crippen LogP contribution in [0, 0.1) is 5.92 Å². The van der Waals surface area contributed by atoms with E-state index in [2.05, 4.69) is 15.7 Å².